The Morgan fingerprint density at radius 1 is 1.41 bits per heavy atom. The maximum absolute atomic E-state index is 13.6. The third-order valence-electron chi connectivity index (χ3n) is 3.73. The monoisotopic (exact) mass is 237 g/mol. The van der Waals surface area contributed by atoms with E-state index >= 15 is 0 Å². The number of benzene rings is 1. The van der Waals surface area contributed by atoms with Crippen LogP contribution in [0.4, 0.5) is 4.39 Å². The summed E-state index contributed by atoms with van der Waals surface area (Å²) in [6, 6.07) is 7.18. The van der Waals surface area contributed by atoms with E-state index in [2.05, 4.69) is 5.32 Å². The van der Waals surface area contributed by atoms with Gasteiger partial charge in [-0.1, -0.05) is 24.6 Å². The van der Waals surface area contributed by atoms with E-state index in [0.717, 1.165) is 19.3 Å². The van der Waals surface area contributed by atoms with Gasteiger partial charge in [0.15, 0.2) is 0 Å². The van der Waals surface area contributed by atoms with Crippen LogP contribution in [0.5, 0.6) is 0 Å². The molecule has 0 saturated heterocycles. The first-order chi connectivity index (χ1) is 8.22. The smallest absolute Gasteiger partial charge is 0.127 e. The van der Waals surface area contributed by atoms with Crippen LogP contribution < -0.4 is 5.32 Å². The Labute approximate surface area is 102 Å². The molecule has 1 saturated carbocycles. The fourth-order valence-electron chi connectivity index (χ4n) is 2.71. The van der Waals surface area contributed by atoms with Crippen molar-refractivity contribution in [2.45, 2.75) is 38.3 Å². The van der Waals surface area contributed by atoms with E-state index in [4.69, 9.17) is 0 Å². The zero-order valence-electron chi connectivity index (χ0n) is 10.2. The highest BCUT2D eigenvalue weighted by Crippen LogP contribution is 2.28. The summed E-state index contributed by atoms with van der Waals surface area (Å²) in [7, 11) is 0. The molecule has 2 N–H and O–H groups in total. The maximum Gasteiger partial charge on any atom is 0.127 e. The molecular formula is C14H20FNO. The summed E-state index contributed by atoms with van der Waals surface area (Å²) in [6.45, 7) is 2.20. The summed E-state index contributed by atoms with van der Waals surface area (Å²) < 4.78 is 13.6. The molecule has 3 heteroatoms. The molecule has 0 radical (unpaired) electrons. The summed E-state index contributed by atoms with van der Waals surface area (Å²) in [5.74, 6) is 0.162. The third-order valence-corrected chi connectivity index (χ3v) is 3.73. The second kappa shape index (κ2) is 5.61. The van der Waals surface area contributed by atoms with Crippen molar-refractivity contribution in [1.82, 2.24) is 5.32 Å². The second-order valence-corrected chi connectivity index (χ2v) is 4.89. The number of hydrogen-bond acceptors (Lipinski definition) is 2. The van der Waals surface area contributed by atoms with E-state index in [1.807, 2.05) is 19.1 Å². The van der Waals surface area contributed by atoms with Crippen LogP contribution in [0.2, 0.25) is 0 Å². The van der Waals surface area contributed by atoms with Gasteiger partial charge in [-0.2, -0.15) is 0 Å². The highest BCUT2D eigenvalue weighted by atomic mass is 19.1. The number of aliphatic hydroxyl groups excluding tert-OH is 1. The zero-order valence-corrected chi connectivity index (χ0v) is 10.2. The highest BCUT2D eigenvalue weighted by Gasteiger charge is 2.28. The molecule has 94 valence electrons. The number of halogens is 1. The van der Waals surface area contributed by atoms with Crippen molar-refractivity contribution in [3.05, 3.63) is 35.6 Å². The SMILES string of the molecule is C[C@@H](N[C@@H]1CCC[C@@H]1CO)c1ccccc1F. The van der Waals surface area contributed by atoms with Gasteiger partial charge in [0.25, 0.3) is 0 Å². The standard InChI is InChI=1S/C14H20FNO/c1-10(12-6-2-3-7-13(12)15)16-14-8-4-5-11(14)9-17/h2-3,6-7,10-11,14,16-17H,4-5,8-9H2,1H3/t10-,11-,14-/m1/s1. The van der Waals surface area contributed by atoms with E-state index in [-0.39, 0.29) is 18.5 Å². The molecule has 0 bridgehead atoms. The first-order valence-corrected chi connectivity index (χ1v) is 6.33. The van der Waals surface area contributed by atoms with E-state index in [1.165, 1.54) is 6.07 Å². The molecule has 1 aliphatic rings. The lowest BCUT2D eigenvalue weighted by Crippen LogP contribution is -2.36. The zero-order chi connectivity index (χ0) is 12.3. The van der Waals surface area contributed by atoms with Crippen LogP contribution in [0.15, 0.2) is 24.3 Å². The molecule has 2 nitrogen and oxygen atoms in total. The molecule has 0 aromatic heterocycles. The Bertz CT molecular complexity index is 369. The lowest BCUT2D eigenvalue weighted by atomic mass is 10.0. The molecule has 0 heterocycles. The van der Waals surface area contributed by atoms with Crippen LogP contribution in [0, 0.1) is 11.7 Å². The molecule has 1 aliphatic carbocycles. The third kappa shape index (κ3) is 2.85. The van der Waals surface area contributed by atoms with Gasteiger partial charge in [-0.15, -0.1) is 0 Å². The maximum atomic E-state index is 13.6. The largest absolute Gasteiger partial charge is 0.396 e. The normalized spacial score (nSPS) is 26.1. The first-order valence-electron chi connectivity index (χ1n) is 6.33. The summed E-state index contributed by atoms with van der Waals surface area (Å²) in [6.07, 6.45) is 3.29. The minimum atomic E-state index is -0.161. The Hall–Kier alpha value is -0.930. The van der Waals surface area contributed by atoms with Crippen molar-refractivity contribution in [3.63, 3.8) is 0 Å². The van der Waals surface area contributed by atoms with Gasteiger partial charge in [-0.25, -0.2) is 4.39 Å². The van der Waals surface area contributed by atoms with Crippen LogP contribution in [0.3, 0.4) is 0 Å². The summed E-state index contributed by atoms with van der Waals surface area (Å²) in [5, 5.41) is 12.7. The molecule has 2 rings (SSSR count). The van der Waals surface area contributed by atoms with Gasteiger partial charge in [0.2, 0.25) is 0 Å². The molecule has 17 heavy (non-hydrogen) atoms. The van der Waals surface area contributed by atoms with Crippen molar-refractivity contribution in [3.8, 4) is 0 Å². The molecule has 1 fully saturated rings. The summed E-state index contributed by atoms with van der Waals surface area (Å²) >= 11 is 0. The lowest BCUT2D eigenvalue weighted by molar-refractivity contribution is 0.200. The number of aliphatic hydroxyl groups is 1. The van der Waals surface area contributed by atoms with Gasteiger partial charge in [0, 0.05) is 24.3 Å². The lowest BCUT2D eigenvalue weighted by Gasteiger charge is -2.24. The van der Waals surface area contributed by atoms with E-state index in [0.29, 0.717) is 17.5 Å². The molecule has 3 atom stereocenters. The Morgan fingerprint density at radius 2 is 2.18 bits per heavy atom. The predicted octanol–water partition coefficient (Wildman–Crippen LogP) is 2.64. The van der Waals surface area contributed by atoms with Crippen molar-refractivity contribution in [2.75, 3.05) is 6.61 Å². The van der Waals surface area contributed by atoms with Crippen LogP contribution in [0.1, 0.15) is 37.8 Å². The molecule has 0 aliphatic heterocycles. The van der Waals surface area contributed by atoms with Crippen LogP contribution in [0.25, 0.3) is 0 Å². The Morgan fingerprint density at radius 3 is 2.88 bits per heavy atom. The molecule has 0 spiro atoms. The minimum absolute atomic E-state index is 0.00616. The van der Waals surface area contributed by atoms with Gasteiger partial charge in [-0.05, 0) is 31.7 Å². The van der Waals surface area contributed by atoms with E-state index in [9.17, 15) is 9.50 Å². The Kier molecular flexibility index (Phi) is 4.13. The number of nitrogens with one attached hydrogen (secondary N) is 1. The van der Waals surface area contributed by atoms with Crippen molar-refractivity contribution >= 4 is 0 Å². The van der Waals surface area contributed by atoms with Crippen LogP contribution in [-0.2, 0) is 0 Å². The minimum Gasteiger partial charge on any atom is -0.396 e. The number of hydrogen-bond donors (Lipinski definition) is 2. The van der Waals surface area contributed by atoms with Gasteiger partial charge in [-0.3, -0.25) is 0 Å². The quantitative estimate of drug-likeness (QED) is 0.843. The highest BCUT2D eigenvalue weighted by molar-refractivity contribution is 5.20. The van der Waals surface area contributed by atoms with Crippen LogP contribution in [-0.4, -0.2) is 17.8 Å². The fourth-order valence-corrected chi connectivity index (χ4v) is 2.71. The van der Waals surface area contributed by atoms with Gasteiger partial charge in [0.05, 0.1) is 0 Å². The fraction of sp³-hybridized carbons (Fsp3) is 0.571. The molecule has 0 amide bonds. The first kappa shape index (κ1) is 12.5. The van der Waals surface area contributed by atoms with E-state index < -0.39 is 0 Å². The van der Waals surface area contributed by atoms with Gasteiger partial charge in [0.1, 0.15) is 5.82 Å². The van der Waals surface area contributed by atoms with Crippen molar-refractivity contribution in [2.24, 2.45) is 5.92 Å². The van der Waals surface area contributed by atoms with Crippen molar-refractivity contribution in [1.29, 1.82) is 0 Å². The molecular weight excluding hydrogens is 217 g/mol. The average molecular weight is 237 g/mol. The van der Waals surface area contributed by atoms with E-state index in [1.54, 1.807) is 6.07 Å². The van der Waals surface area contributed by atoms with Gasteiger partial charge >= 0.3 is 0 Å². The molecule has 1 aromatic carbocycles. The van der Waals surface area contributed by atoms with Gasteiger partial charge < -0.3 is 10.4 Å². The van der Waals surface area contributed by atoms with Crippen LogP contribution >= 0.6 is 0 Å². The summed E-state index contributed by atoms with van der Waals surface area (Å²) in [4.78, 5) is 0. The number of rotatable bonds is 4. The summed E-state index contributed by atoms with van der Waals surface area (Å²) in [5.41, 5.74) is 0.705. The predicted molar refractivity (Wildman–Crippen MR) is 66.2 cm³/mol. The second-order valence-electron chi connectivity index (χ2n) is 4.89. The Balaban J connectivity index is 2.01. The van der Waals surface area contributed by atoms with Crippen molar-refractivity contribution < 1.29 is 9.50 Å². The molecule has 1 aromatic rings. The average Bonchev–Trinajstić information content (AvgIpc) is 2.76. The molecule has 0 unspecified atom stereocenters. The topological polar surface area (TPSA) is 32.3 Å².